The largest absolute Gasteiger partial charge is 0.457 e. The van der Waals surface area contributed by atoms with Crippen molar-refractivity contribution in [1.82, 2.24) is 9.97 Å². The molecule has 1 aromatic carbocycles. The molecule has 222 valence electrons. The molecule has 4 rings (SSSR count). The fourth-order valence-corrected chi connectivity index (χ4v) is 5.02. The summed E-state index contributed by atoms with van der Waals surface area (Å²) in [6.45, 7) is 5.51. The number of aryl methyl sites for hydroxylation is 1. The first kappa shape index (κ1) is 30.8. The van der Waals surface area contributed by atoms with Crippen LogP contribution in [0.25, 0.3) is 11.1 Å². The van der Waals surface area contributed by atoms with Crippen LogP contribution in [0.4, 0.5) is 21.7 Å². The smallest absolute Gasteiger partial charge is 0.330 e. The van der Waals surface area contributed by atoms with Gasteiger partial charge >= 0.3 is 5.97 Å². The van der Waals surface area contributed by atoms with E-state index in [-0.39, 0.29) is 29.7 Å². The lowest BCUT2D eigenvalue weighted by Gasteiger charge is -2.26. The Hall–Kier alpha value is -4.11. The predicted molar refractivity (Wildman–Crippen MR) is 162 cm³/mol. The Bertz CT molecular complexity index is 1400. The van der Waals surface area contributed by atoms with Crippen molar-refractivity contribution >= 4 is 29.2 Å². The fraction of sp³-hybridized carbons (Fsp3) is 0.394. The normalized spacial score (nSPS) is 17.2. The molecule has 1 amide bonds. The maximum Gasteiger partial charge on any atom is 0.330 e. The Kier molecular flexibility index (Phi) is 10.4. The number of rotatable bonds is 11. The summed E-state index contributed by atoms with van der Waals surface area (Å²) in [7, 11) is 1.71. The molecule has 3 aromatic rings. The van der Waals surface area contributed by atoms with Crippen molar-refractivity contribution < 1.29 is 23.5 Å². The van der Waals surface area contributed by atoms with Crippen molar-refractivity contribution in [3.63, 3.8) is 0 Å². The van der Waals surface area contributed by atoms with Gasteiger partial charge in [-0.25, -0.2) is 19.2 Å². The Balaban J connectivity index is 1.55. The summed E-state index contributed by atoms with van der Waals surface area (Å²) in [6.07, 6.45) is 9.35. The predicted octanol–water partition coefficient (Wildman–Crippen LogP) is 7.00. The quantitative estimate of drug-likeness (QED) is 0.188. The minimum Gasteiger partial charge on any atom is -0.457 e. The SMILES string of the molecule is CC=CC(=O)OC(C)(C)CCc1cc(-c2ccnc(NC(=O)C3CCC(OC)CC3)c2)cc(Nc2ccc(F)cc2)n1. The van der Waals surface area contributed by atoms with Crippen LogP contribution in [0.1, 0.15) is 58.6 Å². The molecule has 0 radical (unpaired) electrons. The number of allylic oxidation sites excluding steroid dienone is 1. The van der Waals surface area contributed by atoms with Crippen molar-refractivity contribution in [1.29, 1.82) is 0 Å². The lowest BCUT2D eigenvalue weighted by Crippen LogP contribution is -2.29. The highest BCUT2D eigenvalue weighted by Gasteiger charge is 2.26. The van der Waals surface area contributed by atoms with Gasteiger partial charge in [0, 0.05) is 36.7 Å². The van der Waals surface area contributed by atoms with Crippen LogP contribution in [-0.2, 0) is 25.5 Å². The molecule has 42 heavy (non-hydrogen) atoms. The van der Waals surface area contributed by atoms with Crippen molar-refractivity contribution in [3.8, 4) is 11.1 Å². The summed E-state index contributed by atoms with van der Waals surface area (Å²) in [4.78, 5) is 34.2. The molecule has 0 bridgehead atoms. The molecule has 1 aliphatic carbocycles. The highest BCUT2D eigenvalue weighted by Crippen LogP contribution is 2.30. The number of carbonyl (C=O) groups excluding carboxylic acids is 2. The van der Waals surface area contributed by atoms with Crippen molar-refractivity contribution in [2.45, 2.75) is 71.0 Å². The molecule has 8 nitrogen and oxygen atoms in total. The van der Waals surface area contributed by atoms with E-state index in [0.717, 1.165) is 42.5 Å². The number of benzene rings is 1. The van der Waals surface area contributed by atoms with Crippen LogP contribution in [0.15, 0.2) is 66.9 Å². The number of nitrogens with zero attached hydrogens (tertiary/aromatic N) is 2. The summed E-state index contributed by atoms with van der Waals surface area (Å²) in [6, 6.07) is 13.7. The highest BCUT2D eigenvalue weighted by molar-refractivity contribution is 5.92. The second-order valence-corrected chi connectivity index (χ2v) is 11.2. The number of anilines is 3. The number of carbonyl (C=O) groups is 2. The Labute approximate surface area is 246 Å². The molecule has 1 aliphatic rings. The third kappa shape index (κ3) is 8.94. The van der Waals surface area contributed by atoms with Crippen LogP contribution in [-0.4, -0.2) is 40.7 Å². The lowest BCUT2D eigenvalue weighted by molar-refractivity contribution is -0.150. The number of esters is 1. The molecule has 0 saturated heterocycles. The summed E-state index contributed by atoms with van der Waals surface area (Å²) < 4.78 is 24.5. The second kappa shape index (κ2) is 14.2. The highest BCUT2D eigenvalue weighted by atomic mass is 19.1. The topological polar surface area (TPSA) is 102 Å². The summed E-state index contributed by atoms with van der Waals surface area (Å²) in [5, 5.41) is 6.25. The molecule has 2 aromatic heterocycles. The van der Waals surface area contributed by atoms with Gasteiger partial charge in [-0.05, 0) is 119 Å². The van der Waals surface area contributed by atoms with E-state index in [4.69, 9.17) is 14.5 Å². The lowest BCUT2D eigenvalue weighted by atomic mass is 9.87. The molecule has 2 N–H and O–H groups in total. The van der Waals surface area contributed by atoms with Crippen LogP contribution in [0.2, 0.25) is 0 Å². The standard InChI is InChI=1S/C33H39FN4O4/c1-5-6-31(39)42-33(2,3)17-15-27-19-24(21-30(37-27)36-26-11-9-25(34)10-12-26)23-16-18-35-29(20-23)38-32(40)22-7-13-28(41-4)14-8-22/h5-6,9-12,16,18-22,28H,7-8,13-15,17H2,1-4H3,(H,36,37)(H,35,38,40). The van der Waals surface area contributed by atoms with Gasteiger partial charge in [0.2, 0.25) is 5.91 Å². The molecule has 1 fully saturated rings. The van der Waals surface area contributed by atoms with Gasteiger partial charge in [-0.15, -0.1) is 0 Å². The third-order valence-corrected chi connectivity index (χ3v) is 7.38. The number of hydrogen-bond donors (Lipinski definition) is 2. The minimum absolute atomic E-state index is 0.0296. The van der Waals surface area contributed by atoms with E-state index in [1.165, 1.54) is 18.2 Å². The molecule has 2 heterocycles. The van der Waals surface area contributed by atoms with Crippen LogP contribution in [0.3, 0.4) is 0 Å². The number of hydrogen-bond acceptors (Lipinski definition) is 7. The van der Waals surface area contributed by atoms with E-state index in [0.29, 0.717) is 30.2 Å². The van der Waals surface area contributed by atoms with Crippen LogP contribution >= 0.6 is 0 Å². The maximum absolute atomic E-state index is 13.5. The molecule has 9 heteroatoms. The second-order valence-electron chi connectivity index (χ2n) is 11.2. The summed E-state index contributed by atoms with van der Waals surface area (Å²) >= 11 is 0. The first-order valence-electron chi connectivity index (χ1n) is 14.3. The average molecular weight is 575 g/mol. The van der Waals surface area contributed by atoms with Gasteiger partial charge in [0.1, 0.15) is 23.1 Å². The van der Waals surface area contributed by atoms with E-state index in [9.17, 15) is 14.0 Å². The maximum atomic E-state index is 13.5. The molecule has 0 aliphatic heterocycles. The first-order valence-corrected chi connectivity index (χ1v) is 14.3. The molecule has 0 atom stereocenters. The van der Waals surface area contributed by atoms with Gasteiger partial charge in [-0.1, -0.05) is 6.08 Å². The van der Waals surface area contributed by atoms with Gasteiger partial charge in [-0.2, -0.15) is 0 Å². The van der Waals surface area contributed by atoms with Gasteiger partial charge in [0.05, 0.1) is 6.10 Å². The van der Waals surface area contributed by atoms with Crippen LogP contribution in [0, 0.1) is 11.7 Å². The first-order chi connectivity index (χ1) is 20.1. The Morgan fingerprint density at radius 2 is 1.74 bits per heavy atom. The molecule has 0 unspecified atom stereocenters. The Morgan fingerprint density at radius 1 is 1.02 bits per heavy atom. The van der Waals surface area contributed by atoms with Crippen molar-refractivity contribution in [2.24, 2.45) is 5.92 Å². The van der Waals surface area contributed by atoms with Gasteiger partial charge < -0.3 is 20.1 Å². The van der Waals surface area contributed by atoms with E-state index in [1.807, 2.05) is 38.1 Å². The third-order valence-electron chi connectivity index (χ3n) is 7.38. The van der Waals surface area contributed by atoms with E-state index >= 15 is 0 Å². The summed E-state index contributed by atoms with van der Waals surface area (Å²) in [5.74, 6) is 0.255. The number of pyridine rings is 2. The molecular formula is C33H39FN4O4. The van der Waals surface area contributed by atoms with Crippen LogP contribution in [0.5, 0.6) is 0 Å². The van der Waals surface area contributed by atoms with Crippen molar-refractivity contribution in [3.05, 3.63) is 78.4 Å². The van der Waals surface area contributed by atoms with Gasteiger partial charge in [0.25, 0.3) is 0 Å². The number of nitrogens with one attached hydrogen (secondary N) is 2. The zero-order valence-corrected chi connectivity index (χ0v) is 24.7. The number of halogens is 1. The summed E-state index contributed by atoms with van der Waals surface area (Å²) in [5.41, 5.74) is 2.50. The number of ether oxygens (including phenoxy) is 2. The van der Waals surface area contributed by atoms with E-state index in [1.54, 1.807) is 38.4 Å². The van der Waals surface area contributed by atoms with Crippen molar-refractivity contribution in [2.75, 3.05) is 17.7 Å². The fourth-order valence-electron chi connectivity index (χ4n) is 5.02. The number of amides is 1. The van der Waals surface area contributed by atoms with E-state index < -0.39 is 5.60 Å². The molecular weight excluding hydrogens is 535 g/mol. The molecule has 0 spiro atoms. The van der Waals surface area contributed by atoms with E-state index in [2.05, 4.69) is 15.6 Å². The zero-order chi connectivity index (χ0) is 30.1. The molecule has 1 saturated carbocycles. The zero-order valence-electron chi connectivity index (χ0n) is 24.7. The minimum atomic E-state index is -0.699. The van der Waals surface area contributed by atoms with Crippen LogP contribution < -0.4 is 10.6 Å². The monoisotopic (exact) mass is 574 g/mol. The van der Waals surface area contributed by atoms with Gasteiger partial charge in [0.15, 0.2) is 0 Å². The average Bonchev–Trinajstić information content (AvgIpc) is 2.97. The number of aromatic nitrogens is 2. The number of methoxy groups -OCH3 is 1. The van der Waals surface area contributed by atoms with Gasteiger partial charge in [-0.3, -0.25) is 4.79 Å². The Morgan fingerprint density at radius 3 is 2.43 bits per heavy atom.